The molecule has 1 aliphatic carbocycles. The van der Waals surface area contributed by atoms with Gasteiger partial charge in [0.2, 0.25) is 0 Å². The number of aromatic amines is 1. The molecule has 3 nitrogen and oxygen atoms in total. The van der Waals surface area contributed by atoms with Crippen LogP contribution in [0, 0.1) is 11.8 Å². The molecule has 0 unspecified atom stereocenters. The van der Waals surface area contributed by atoms with Gasteiger partial charge in [0.1, 0.15) is 0 Å². The molecule has 0 radical (unpaired) electrons. The zero-order valence-electron chi connectivity index (χ0n) is 12.4. The minimum Gasteiger partial charge on any atom is -0.396 e. The maximum absolute atomic E-state index is 9.42. The Hall–Kier alpha value is -1.58. The molecule has 2 aromatic rings. The number of benzene rings is 1. The molecule has 21 heavy (non-hydrogen) atoms. The van der Waals surface area contributed by atoms with E-state index in [9.17, 15) is 5.11 Å². The molecule has 112 valence electrons. The molecule has 1 aliphatic rings. The molecular weight excluding hydrogens is 260 g/mol. The Morgan fingerprint density at radius 2 is 1.95 bits per heavy atom. The van der Waals surface area contributed by atoms with Crippen LogP contribution in [0.4, 0.5) is 0 Å². The van der Waals surface area contributed by atoms with Crippen molar-refractivity contribution in [3.8, 4) is 0 Å². The zero-order chi connectivity index (χ0) is 14.5. The number of rotatable bonds is 6. The van der Waals surface area contributed by atoms with Crippen molar-refractivity contribution < 1.29 is 5.11 Å². The Morgan fingerprint density at radius 3 is 2.81 bits per heavy atom. The lowest BCUT2D eigenvalue weighted by molar-refractivity contribution is 0.169. The maximum Gasteiger partial charge on any atom is 0.0465 e. The molecule has 3 N–H and O–H groups in total. The molecule has 1 aromatic carbocycles. The van der Waals surface area contributed by atoms with Gasteiger partial charge in [0.15, 0.2) is 0 Å². The molecule has 0 fully saturated rings. The summed E-state index contributed by atoms with van der Waals surface area (Å²) in [5, 5.41) is 14.3. The third-order valence-electron chi connectivity index (χ3n) is 4.60. The van der Waals surface area contributed by atoms with Crippen molar-refractivity contribution in [2.75, 3.05) is 19.7 Å². The summed E-state index contributed by atoms with van der Waals surface area (Å²) >= 11 is 0. The Bertz CT molecular complexity index is 602. The van der Waals surface area contributed by atoms with Gasteiger partial charge in [-0.15, -0.1) is 0 Å². The Labute approximate surface area is 126 Å². The van der Waals surface area contributed by atoms with Crippen LogP contribution in [-0.4, -0.2) is 29.8 Å². The average Bonchev–Trinajstić information content (AvgIpc) is 2.95. The minimum absolute atomic E-state index is 0.305. The quantitative estimate of drug-likeness (QED) is 0.564. The summed E-state index contributed by atoms with van der Waals surface area (Å²) in [5.74, 6) is 0.999. The highest BCUT2D eigenvalue weighted by molar-refractivity contribution is 5.83. The van der Waals surface area contributed by atoms with E-state index in [0.29, 0.717) is 18.4 Å². The van der Waals surface area contributed by atoms with Gasteiger partial charge in [0.25, 0.3) is 0 Å². The second kappa shape index (κ2) is 6.92. The summed E-state index contributed by atoms with van der Waals surface area (Å²) in [5.41, 5.74) is 2.59. The van der Waals surface area contributed by atoms with Crippen LogP contribution >= 0.6 is 0 Å². The Kier molecular flexibility index (Phi) is 4.73. The van der Waals surface area contributed by atoms with E-state index in [4.69, 9.17) is 0 Å². The summed E-state index contributed by atoms with van der Waals surface area (Å²) < 4.78 is 0. The summed E-state index contributed by atoms with van der Waals surface area (Å²) in [6, 6.07) is 8.45. The Morgan fingerprint density at radius 1 is 1.14 bits per heavy atom. The van der Waals surface area contributed by atoms with Crippen molar-refractivity contribution in [2.45, 2.75) is 19.3 Å². The maximum atomic E-state index is 9.42. The molecular formula is C18H24N2O. The molecule has 0 aliphatic heterocycles. The lowest BCUT2D eigenvalue weighted by Gasteiger charge is -2.27. The predicted octanol–water partition coefficient (Wildman–Crippen LogP) is 2.87. The van der Waals surface area contributed by atoms with E-state index in [-0.39, 0.29) is 0 Å². The van der Waals surface area contributed by atoms with Crippen LogP contribution in [0.2, 0.25) is 0 Å². The van der Waals surface area contributed by atoms with Crippen LogP contribution in [-0.2, 0) is 6.42 Å². The molecule has 3 heteroatoms. The number of aromatic nitrogens is 1. The largest absolute Gasteiger partial charge is 0.396 e. The SMILES string of the molecule is OC[C@@H]1CC=CC[C@@H]1CNCCc1c[nH]c2ccccc12. The molecule has 0 saturated heterocycles. The van der Waals surface area contributed by atoms with Gasteiger partial charge in [-0.2, -0.15) is 0 Å². The lowest BCUT2D eigenvalue weighted by Crippen LogP contribution is -2.32. The van der Waals surface area contributed by atoms with E-state index in [1.807, 2.05) is 0 Å². The zero-order valence-corrected chi connectivity index (χ0v) is 12.4. The van der Waals surface area contributed by atoms with Gasteiger partial charge in [-0.3, -0.25) is 0 Å². The van der Waals surface area contributed by atoms with Crippen LogP contribution < -0.4 is 5.32 Å². The number of aliphatic hydroxyl groups is 1. The third kappa shape index (κ3) is 3.36. The van der Waals surface area contributed by atoms with Crippen molar-refractivity contribution in [3.05, 3.63) is 48.2 Å². The van der Waals surface area contributed by atoms with E-state index >= 15 is 0 Å². The first-order valence-electron chi connectivity index (χ1n) is 7.90. The molecule has 0 amide bonds. The first-order valence-corrected chi connectivity index (χ1v) is 7.90. The molecule has 1 aromatic heterocycles. The van der Waals surface area contributed by atoms with Crippen molar-refractivity contribution >= 4 is 10.9 Å². The molecule has 2 atom stereocenters. The molecule has 0 bridgehead atoms. The monoisotopic (exact) mass is 284 g/mol. The molecule has 0 saturated carbocycles. The van der Waals surface area contributed by atoms with Gasteiger partial charge in [-0.05, 0) is 55.8 Å². The van der Waals surface area contributed by atoms with Gasteiger partial charge in [-0.25, -0.2) is 0 Å². The number of nitrogens with one attached hydrogen (secondary N) is 2. The van der Waals surface area contributed by atoms with E-state index in [1.165, 1.54) is 16.5 Å². The van der Waals surface area contributed by atoms with Crippen molar-refractivity contribution in [3.63, 3.8) is 0 Å². The third-order valence-corrected chi connectivity index (χ3v) is 4.60. The topological polar surface area (TPSA) is 48.0 Å². The van der Waals surface area contributed by atoms with Crippen LogP contribution in [0.5, 0.6) is 0 Å². The number of allylic oxidation sites excluding steroid dienone is 2. The summed E-state index contributed by atoms with van der Waals surface area (Å²) in [4.78, 5) is 3.32. The van der Waals surface area contributed by atoms with Crippen LogP contribution in [0.1, 0.15) is 18.4 Å². The highest BCUT2D eigenvalue weighted by Gasteiger charge is 2.20. The van der Waals surface area contributed by atoms with Crippen LogP contribution in [0.3, 0.4) is 0 Å². The van der Waals surface area contributed by atoms with Crippen LogP contribution in [0.25, 0.3) is 10.9 Å². The number of H-pyrrole nitrogens is 1. The Balaban J connectivity index is 1.49. The molecule has 0 spiro atoms. The van der Waals surface area contributed by atoms with Gasteiger partial charge < -0.3 is 15.4 Å². The molecule has 3 rings (SSSR count). The smallest absolute Gasteiger partial charge is 0.0465 e. The van der Waals surface area contributed by atoms with Crippen LogP contribution in [0.15, 0.2) is 42.6 Å². The van der Waals surface area contributed by atoms with Gasteiger partial charge in [0, 0.05) is 23.7 Å². The van der Waals surface area contributed by atoms with Crippen molar-refractivity contribution in [1.82, 2.24) is 10.3 Å². The van der Waals surface area contributed by atoms with Gasteiger partial charge in [-0.1, -0.05) is 30.4 Å². The summed E-state index contributed by atoms with van der Waals surface area (Å²) in [7, 11) is 0. The van der Waals surface area contributed by atoms with Crippen molar-refractivity contribution in [2.24, 2.45) is 11.8 Å². The highest BCUT2D eigenvalue weighted by atomic mass is 16.3. The first kappa shape index (κ1) is 14.4. The predicted molar refractivity (Wildman–Crippen MR) is 87.3 cm³/mol. The fourth-order valence-electron chi connectivity index (χ4n) is 3.25. The van der Waals surface area contributed by atoms with E-state index in [2.05, 4.69) is 52.9 Å². The number of para-hydroxylation sites is 1. The summed E-state index contributed by atoms with van der Waals surface area (Å²) in [6.07, 6.45) is 9.71. The number of fused-ring (bicyclic) bond motifs is 1. The average molecular weight is 284 g/mol. The second-order valence-electron chi connectivity index (χ2n) is 5.96. The molecule has 1 heterocycles. The van der Waals surface area contributed by atoms with E-state index in [1.54, 1.807) is 0 Å². The van der Waals surface area contributed by atoms with Crippen molar-refractivity contribution in [1.29, 1.82) is 0 Å². The lowest BCUT2D eigenvalue weighted by atomic mass is 9.83. The first-order chi connectivity index (χ1) is 10.4. The standard InChI is InChI=1S/C18H24N2O/c21-13-16-6-2-1-5-14(16)11-19-10-9-15-12-20-18-8-4-3-7-17(15)18/h1-4,7-8,12,14,16,19-21H,5-6,9-11,13H2/t14-,16+/m1/s1. The number of aliphatic hydroxyl groups excluding tert-OH is 1. The normalized spacial score (nSPS) is 22.0. The second-order valence-corrected chi connectivity index (χ2v) is 5.96. The van der Waals surface area contributed by atoms with Gasteiger partial charge >= 0.3 is 0 Å². The van der Waals surface area contributed by atoms with E-state index in [0.717, 1.165) is 32.4 Å². The fourth-order valence-corrected chi connectivity index (χ4v) is 3.25. The van der Waals surface area contributed by atoms with E-state index < -0.39 is 0 Å². The number of hydrogen-bond acceptors (Lipinski definition) is 2. The number of hydrogen-bond donors (Lipinski definition) is 3. The highest BCUT2D eigenvalue weighted by Crippen LogP contribution is 2.24. The van der Waals surface area contributed by atoms with Gasteiger partial charge in [0.05, 0.1) is 0 Å². The summed E-state index contributed by atoms with van der Waals surface area (Å²) in [6.45, 7) is 2.29. The minimum atomic E-state index is 0.305. The fraction of sp³-hybridized carbons (Fsp3) is 0.444.